The highest BCUT2D eigenvalue weighted by Gasteiger charge is 2.52. The van der Waals surface area contributed by atoms with Gasteiger partial charge in [0, 0.05) is 12.2 Å². The van der Waals surface area contributed by atoms with Gasteiger partial charge in [0.1, 0.15) is 5.75 Å². The maximum atomic E-state index is 13.1. The molecule has 1 aliphatic heterocycles. The van der Waals surface area contributed by atoms with Crippen LogP contribution >= 0.6 is 0 Å². The molecule has 1 amide bonds. The number of hydrogen-bond acceptors (Lipinski definition) is 3. The topological polar surface area (TPSA) is 49.8 Å². The molecule has 150 valence electrons. The summed E-state index contributed by atoms with van der Waals surface area (Å²) in [5.41, 5.74) is -0.455. The fraction of sp³-hybridized carbons (Fsp3) is 0.650. The number of alkyl halides is 3. The molecular weight excluding hydrogens is 359 g/mol. The molecule has 2 fully saturated rings. The van der Waals surface area contributed by atoms with Crippen LogP contribution in [0.2, 0.25) is 0 Å². The van der Waals surface area contributed by atoms with Crippen molar-refractivity contribution < 1.29 is 27.8 Å². The summed E-state index contributed by atoms with van der Waals surface area (Å²) >= 11 is 0. The predicted molar refractivity (Wildman–Crippen MR) is 95.7 cm³/mol. The summed E-state index contributed by atoms with van der Waals surface area (Å²) in [4.78, 5) is 14.8. The Labute approximate surface area is 157 Å². The highest BCUT2D eigenvalue weighted by Crippen LogP contribution is 2.50. The number of carbonyl (C=O) groups is 1. The Morgan fingerprint density at radius 2 is 1.70 bits per heavy atom. The van der Waals surface area contributed by atoms with Gasteiger partial charge in [-0.2, -0.15) is 13.2 Å². The Morgan fingerprint density at radius 1 is 1.11 bits per heavy atom. The predicted octanol–water partition coefficient (Wildman–Crippen LogP) is 4.31. The van der Waals surface area contributed by atoms with Gasteiger partial charge in [-0.25, -0.2) is 0 Å². The fourth-order valence-electron chi connectivity index (χ4n) is 4.16. The Morgan fingerprint density at radius 3 is 2.22 bits per heavy atom. The van der Waals surface area contributed by atoms with E-state index in [1.807, 2.05) is 13.8 Å². The van der Waals surface area contributed by atoms with Crippen LogP contribution in [0.5, 0.6) is 5.75 Å². The third kappa shape index (κ3) is 4.08. The van der Waals surface area contributed by atoms with Crippen LogP contribution in [0, 0.1) is 11.3 Å². The SMILES string of the molecule is CC(C)[C@]1(O)CC[C@@]2(CCN(c3ccc(OCC(F)(F)F)cc3)C2=O)CC1. The summed E-state index contributed by atoms with van der Waals surface area (Å²) in [5, 5.41) is 10.7. The number of amides is 1. The Balaban J connectivity index is 1.65. The van der Waals surface area contributed by atoms with Crippen LogP contribution in [0.15, 0.2) is 24.3 Å². The van der Waals surface area contributed by atoms with Crippen molar-refractivity contribution in [2.24, 2.45) is 11.3 Å². The Hall–Kier alpha value is -1.76. The molecule has 0 bridgehead atoms. The molecule has 7 heteroatoms. The zero-order chi connectivity index (χ0) is 19.9. The molecule has 3 rings (SSSR count). The first kappa shape index (κ1) is 20.0. The molecule has 1 spiro atoms. The maximum Gasteiger partial charge on any atom is 0.422 e. The molecule has 0 radical (unpaired) electrons. The number of benzene rings is 1. The molecule has 1 saturated heterocycles. The van der Waals surface area contributed by atoms with Crippen LogP contribution in [0.4, 0.5) is 18.9 Å². The second-order valence-corrected chi connectivity index (χ2v) is 8.14. The van der Waals surface area contributed by atoms with E-state index in [1.165, 1.54) is 12.1 Å². The van der Waals surface area contributed by atoms with Crippen LogP contribution in [-0.2, 0) is 4.79 Å². The molecule has 0 unspecified atom stereocenters. The second kappa shape index (κ2) is 7.00. The lowest BCUT2D eigenvalue weighted by molar-refractivity contribution is -0.153. The number of carbonyl (C=O) groups excluding carboxylic acids is 1. The van der Waals surface area contributed by atoms with Crippen molar-refractivity contribution in [2.45, 2.75) is 57.7 Å². The van der Waals surface area contributed by atoms with Gasteiger partial charge in [0.25, 0.3) is 0 Å². The number of aliphatic hydroxyl groups is 1. The standard InChI is InChI=1S/C20H26F3NO3/c1-14(2)19(26)9-7-18(8-10-19)11-12-24(17(18)25)15-3-5-16(6-4-15)27-13-20(21,22)23/h3-6,14,26H,7-13H2,1-2H3/t18-,19-. The van der Waals surface area contributed by atoms with Gasteiger partial charge >= 0.3 is 6.18 Å². The molecule has 1 N–H and O–H groups in total. The second-order valence-electron chi connectivity index (χ2n) is 8.14. The highest BCUT2D eigenvalue weighted by atomic mass is 19.4. The van der Waals surface area contributed by atoms with Gasteiger partial charge in [-0.05, 0) is 62.3 Å². The Kier molecular flexibility index (Phi) is 5.18. The van der Waals surface area contributed by atoms with E-state index in [-0.39, 0.29) is 17.6 Å². The number of nitrogens with zero attached hydrogens (tertiary/aromatic N) is 1. The molecule has 0 atom stereocenters. The number of anilines is 1. The molecule has 1 aromatic rings. The zero-order valence-corrected chi connectivity index (χ0v) is 15.7. The van der Waals surface area contributed by atoms with Crippen molar-refractivity contribution in [1.82, 2.24) is 0 Å². The quantitative estimate of drug-likeness (QED) is 0.840. The molecule has 1 saturated carbocycles. The van der Waals surface area contributed by atoms with Crippen LogP contribution in [0.3, 0.4) is 0 Å². The minimum Gasteiger partial charge on any atom is -0.484 e. The minimum atomic E-state index is -4.38. The van der Waals surface area contributed by atoms with Crippen LogP contribution in [0.25, 0.3) is 0 Å². The third-order valence-electron chi connectivity index (χ3n) is 6.21. The van der Waals surface area contributed by atoms with Gasteiger partial charge < -0.3 is 14.7 Å². The molecule has 0 aromatic heterocycles. The number of halogens is 3. The summed E-state index contributed by atoms with van der Waals surface area (Å²) in [6, 6.07) is 6.15. The first-order valence-electron chi connectivity index (χ1n) is 9.39. The van der Waals surface area contributed by atoms with Crippen molar-refractivity contribution >= 4 is 11.6 Å². The molecular formula is C20H26F3NO3. The van der Waals surface area contributed by atoms with E-state index in [9.17, 15) is 23.1 Å². The average Bonchev–Trinajstić information content (AvgIpc) is 2.92. The fourth-order valence-corrected chi connectivity index (χ4v) is 4.16. The molecule has 4 nitrogen and oxygen atoms in total. The lowest BCUT2D eigenvalue weighted by atomic mass is 9.65. The van der Waals surface area contributed by atoms with Crippen molar-refractivity contribution in [3.63, 3.8) is 0 Å². The minimum absolute atomic E-state index is 0.0530. The number of ether oxygens (including phenoxy) is 1. The summed E-state index contributed by atoms with van der Waals surface area (Å²) < 4.78 is 41.4. The van der Waals surface area contributed by atoms with Crippen LogP contribution in [-0.4, -0.2) is 35.9 Å². The third-order valence-corrected chi connectivity index (χ3v) is 6.21. The molecule has 2 aliphatic rings. The first-order valence-corrected chi connectivity index (χ1v) is 9.39. The monoisotopic (exact) mass is 385 g/mol. The first-order chi connectivity index (χ1) is 12.5. The summed E-state index contributed by atoms with van der Waals surface area (Å²) in [7, 11) is 0. The maximum absolute atomic E-state index is 13.1. The molecule has 1 aliphatic carbocycles. The van der Waals surface area contributed by atoms with Gasteiger partial charge in [0.05, 0.1) is 11.0 Å². The van der Waals surface area contributed by atoms with Gasteiger partial charge in [-0.1, -0.05) is 13.8 Å². The summed E-state index contributed by atoms with van der Waals surface area (Å²) in [5.74, 6) is 0.334. The van der Waals surface area contributed by atoms with Crippen molar-refractivity contribution in [3.8, 4) is 5.75 Å². The van der Waals surface area contributed by atoms with Crippen molar-refractivity contribution in [1.29, 1.82) is 0 Å². The molecule has 1 heterocycles. The lowest BCUT2D eigenvalue weighted by Gasteiger charge is -2.43. The highest BCUT2D eigenvalue weighted by molar-refractivity contribution is 6.00. The van der Waals surface area contributed by atoms with E-state index in [0.717, 1.165) is 6.42 Å². The van der Waals surface area contributed by atoms with E-state index >= 15 is 0 Å². The normalized spacial score (nSPS) is 29.0. The summed E-state index contributed by atoms with van der Waals surface area (Å²) in [6.45, 7) is 3.25. The van der Waals surface area contributed by atoms with Crippen molar-refractivity contribution in [3.05, 3.63) is 24.3 Å². The number of hydrogen-bond donors (Lipinski definition) is 1. The van der Waals surface area contributed by atoms with Crippen LogP contribution in [0.1, 0.15) is 46.0 Å². The van der Waals surface area contributed by atoms with Gasteiger partial charge in [-0.15, -0.1) is 0 Å². The lowest BCUT2D eigenvalue weighted by Crippen LogP contribution is -2.46. The zero-order valence-electron chi connectivity index (χ0n) is 15.7. The molecule has 27 heavy (non-hydrogen) atoms. The van der Waals surface area contributed by atoms with Crippen LogP contribution < -0.4 is 9.64 Å². The largest absolute Gasteiger partial charge is 0.484 e. The van der Waals surface area contributed by atoms with E-state index in [0.29, 0.717) is 37.9 Å². The number of rotatable bonds is 4. The van der Waals surface area contributed by atoms with Crippen molar-refractivity contribution in [2.75, 3.05) is 18.1 Å². The van der Waals surface area contributed by atoms with E-state index < -0.39 is 23.8 Å². The Bertz CT molecular complexity index is 677. The van der Waals surface area contributed by atoms with Gasteiger partial charge in [-0.3, -0.25) is 4.79 Å². The smallest absolute Gasteiger partial charge is 0.422 e. The van der Waals surface area contributed by atoms with Gasteiger partial charge in [0.15, 0.2) is 6.61 Å². The van der Waals surface area contributed by atoms with E-state index in [1.54, 1.807) is 17.0 Å². The van der Waals surface area contributed by atoms with E-state index in [4.69, 9.17) is 4.74 Å². The van der Waals surface area contributed by atoms with E-state index in [2.05, 4.69) is 0 Å². The average molecular weight is 385 g/mol. The molecule has 1 aromatic carbocycles. The summed E-state index contributed by atoms with van der Waals surface area (Å²) in [6.07, 6.45) is -1.06. The van der Waals surface area contributed by atoms with Gasteiger partial charge in [0.2, 0.25) is 5.91 Å².